The molecule has 0 bridgehead atoms. The van der Waals surface area contributed by atoms with E-state index >= 15 is 0 Å². The maximum absolute atomic E-state index is 11.9. The molecule has 45 heavy (non-hydrogen) atoms. The molecule has 0 saturated heterocycles. The molecule has 0 spiro atoms. The third-order valence-electron chi connectivity index (χ3n) is 5.54. The summed E-state index contributed by atoms with van der Waals surface area (Å²) >= 11 is 0. The first-order valence-corrected chi connectivity index (χ1v) is 17.0. The molecule has 0 aliphatic rings. The summed E-state index contributed by atoms with van der Waals surface area (Å²) in [6.07, 6.45) is 0. The molecular formula is C32H38ClKO9S2. The normalized spacial score (nSPS) is 10.6. The summed E-state index contributed by atoms with van der Waals surface area (Å²) < 4.78 is 60.7. The molecule has 2 N–H and O–H groups in total. The molecule has 0 fully saturated rings. The zero-order chi connectivity index (χ0) is 31.6. The van der Waals surface area contributed by atoms with Gasteiger partial charge in [-0.15, -0.1) is 0 Å². The fourth-order valence-corrected chi connectivity index (χ4v) is 4.93. The van der Waals surface area contributed by atoms with Gasteiger partial charge in [0.1, 0.15) is 0 Å². The molecule has 0 aliphatic heterocycles. The van der Waals surface area contributed by atoms with Crippen molar-refractivity contribution in [3.8, 4) is 0 Å². The van der Waals surface area contributed by atoms with Crippen molar-refractivity contribution in [3.63, 3.8) is 0 Å². The second-order valence-corrected chi connectivity index (χ2v) is 13.3. The minimum absolute atomic E-state index is 0. The summed E-state index contributed by atoms with van der Waals surface area (Å²) in [6, 6.07) is 32.5. The van der Waals surface area contributed by atoms with E-state index in [9.17, 15) is 16.8 Å². The molecule has 0 radical (unpaired) electrons. The molecule has 4 rings (SSSR count). The topological polar surface area (TPSA) is 146 Å². The predicted octanol–water partition coefficient (Wildman–Crippen LogP) is 2.86. The minimum atomic E-state index is -3.70. The summed E-state index contributed by atoms with van der Waals surface area (Å²) in [5.41, 5.74) is 4.19. The maximum atomic E-state index is 11.9. The smallest absolute Gasteiger partial charge is 0.870 e. The first-order chi connectivity index (χ1) is 20.5. The van der Waals surface area contributed by atoms with Gasteiger partial charge in [-0.3, -0.25) is 4.18 Å². The van der Waals surface area contributed by atoms with Gasteiger partial charge in [-0.2, -0.15) is 8.42 Å². The van der Waals surface area contributed by atoms with Crippen LogP contribution in [0.3, 0.4) is 0 Å². The van der Waals surface area contributed by atoms with Gasteiger partial charge in [-0.25, -0.2) is 8.42 Å². The number of hydrogen-bond donors (Lipinski definition) is 1. The van der Waals surface area contributed by atoms with Crippen molar-refractivity contribution in [3.05, 3.63) is 131 Å². The number of aryl methyl sites for hydroxylation is 2. The van der Waals surface area contributed by atoms with E-state index in [4.69, 9.17) is 29.4 Å². The quantitative estimate of drug-likeness (QED) is 0.102. The van der Waals surface area contributed by atoms with E-state index in [0.29, 0.717) is 19.8 Å². The Hall–Kier alpha value is -1.49. The molecule has 0 atom stereocenters. The Morgan fingerprint density at radius 2 is 1.00 bits per heavy atom. The number of halogens is 1. The van der Waals surface area contributed by atoms with Crippen LogP contribution in [-0.4, -0.2) is 53.8 Å². The molecular weight excluding hydrogens is 667 g/mol. The van der Waals surface area contributed by atoms with Crippen molar-refractivity contribution in [2.24, 2.45) is 0 Å². The summed E-state index contributed by atoms with van der Waals surface area (Å²) in [7, 11) is -2.17. The van der Waals surface area contributed by atoms with E-state index in [2.05, 4.69) is 0 Å². The zero-order valence-electron chi connectivity index (χ0n) is 25.6. The molecule has 240 valence electrons. The van der Waals surface area contributed by atoms with Gasteiger partial charge in [0.15, 0.2) is 0 Å². The summed E-state index contributed by atoms with van der Waals surface area (Å²) in [5.74, 6) is 0. The van der Waals surface area contributed by atoms with Crippen molar-refractivity contribution in [1.82, 2.24) is 0 Å². The van der Waals surface area contributed by atoms with Gasteiger partial charge in [-0.05, 0) is 49.2 Å². The number of rotatable bonds is 12. The van der Waals surface area contributed by atoms with Gasteiger partial charge in [0.2, 0.25) is 0 Å². The number of aliphatic hydroxyl groups excluding tert-OH is 1. The standard InChI is InChI=1S/C16H18O4S.C9H12O2.C7H7ClO2S.K.H2O/c1-14-7-9-16(10-8-14)21(17,18)20-12-11-19-13-15-5-3-2-4-6-15;10-6-7-11-8-9-4-2-1-3-5-9;1-6-2-4-7(5-3-6)11(8,9)10;;/h2-10H,11-13H2,1H3;1-5,10H,6-8H2;2-5H,1H3;;1H2/q;;;+1;/p-1. The Bertz CT molecular complexity index is 1540. The van der Waals surface area contributed by atoms with Crippen LogP contribution in [0.15, 0.2) is 119 Å². The molecule has 9 nitrogen and oxygen atoms in total. The Morgan fingerprint density at radius 3 is 1.40 bits per heavy atom. The van der Waals surface area contributed by atoms with Crippen LogP contribution in [0.2, 0.25) is 0 Å². The number of benzene rings is 4. The van der Waals surface area contributed by atoms with E-state index in [0.717, 1.165) is 22.3 Å². The first kappa shape index (κ1) is 43.5. The number of hydrogen-bond acceptors (Lipinski definition) is 9. The fraction of sp³-hybridized carbons (Fsp3) is 0.250. The summed E-state index contributed by atoms with van der Waals surface area (Å²) in [5, 5.41) is 8.42. The van der Waals surface area contributed by atoms with Crippen molar-refractivity contribution in [2.45, 2.75) is 36.9 Å². The Labute approximate surface area is 313 Å². The fourth-order valence-electron chi connectivity index (χ4n) is 3.27. The molecule has 0 amide bonds. The summed E-state index contributed by atoms with van der Waals surface area (Å²) in [6.45, 7) is 5.53. The molecule has 13 heteroatoms. The monoisotopic (exact) mass is 704 g/mol. The van der Waals surface area contributed by atoms with Crippen LogP contribution in [-0.2, 0) is 46.0 Å². The molecule has 0 heterocycles. The molecule has 4 aromatic rings. The van der Waals surface area contributed by atoms with Gasteiger partial charge >= 0.3 is 51.4 Å². The zero-order valence-corrected chi connectivity index (χ0v) is 31.1. The van der Waals surface area contributed by atoms with E-state index in [1.54, 1.807) is 24.3 Å². The molecule has 0 aromatic heterocycles. The largest absolute Gasteiger partial charge is 1.00 e. The summed E-state index contributed by atoms with van der Waals surface area (Å²) in [4.78, 5) is 0.306. The van der Waals surface area contributed by atoms with Gasteiger partial charge in [0.25, 0.3) is 19.2 Å². The van der Waals surface area contributed by atoms with Crippen LogP contribution in [0.4, 0.5) is 0 Å². The van der Waals surface area contributed by atoms with Crippen molar-refractivity contribution >= 4 is 29.9 Å². The van der Waals surface area contributed by atoms with E-state index in [-0.39, 0.29) is 86.5 Å². The van der Waals surface area contributed by atoms with Gasteiger partial charge in [-0.1, -0.05) is 96.1 Å². The number of ether oxygens (including phenoxy) is 2. The van der Waals surface area contributed by atoms with Crippen LogP contribution in [0.1, 0.15) is 22.3 Å². The maximum Gasteiger partial charge on any atom is 1.00 e. The number of aliphatic hydroxyl groups is 1. The average Bonchev–Trinajstić information content (AvgIpc) is 2.99. The Kier molecular flexibility index (Phi) is 23.0. The second kappa shape index (κ2) is 23.8. The van der Waals surface area contributed by atoms with Crippen LogP contribution >= 0.6 is 10.7 Å². The van der Waals surface area contributed by atoms with Crippen molar-refractivity contribution in [2.75, 3.05) is 26.4 Å². The van der Waals surface area contributed by atoms with Crippen molar-refractivity contribution in [1.29, 1.82) is 0 Å². The van der Waals surface area contributed by atoms with E-state index < -0.39 is 19.2 Å². The van der Waals surface area contributed by atoms with Gasteiger partial charge in [0, 0.05) is 10.7 Å². The predicted molar refractivity (Wildman–Crippen MR) is 170 cm³/mol. The van der Waals surface area contributed by atoms with Crippen LogP contribution in [0.5, 0.6) is 0 Å². The average molecular weight is 705 g/mol. The van der Waals surface area contributed by atoms with Crippen LogP contribution in [0, 0.1) is 13.8 Å². The van der Waals surface area contributed by atoms with Gasteiger partial charge in [0.05, 0.1) is 49.4 Å². The van der Waals surface area contributed by atoms with Crippen LogP contribution in [0.25, 0.3) is 0 Å². The molecule has 4 aromatic carbocycles. The molecule has 0 aliphatic carbocycles. The van der Waals surface area contributed by atoms with Gasteiger partial charge < -0.3 is 20.1 Å². The SMILES string of the molecule is Cc1ccc(S(=O)(=O)Cl)cc1.Cc1ccc(S(=O)(=O)OCCOCc2ccccc2)cc1.OCCOCc1ccccc1.[K+].[OH-]. The Balaban J connectivity index is 0.000000688. The third-order valence-corrected chi connectivity index (χ3v) is 8.23. The Morgan fingerprint density at radius 1 is 0.600 bits per heavy atom. The molecule has 0 unspecified atom stereocenters. The van der Waals surface area contributed by atoms with Crippen LogP contribution < -0.4 is 51.4 Å². The second-order valence-electron chi connectivity index (χ2n) is 9.14. The van der Waals surface area contributed by atoms with E-state index in [1.165, 1.54) is 24.3 Å². The minimum Gasteiger partial charge on any atom is -0.870 e. The third kappa shape index (κ3) is 19.1. The van der Waals surface area contributed by atoms with E-state index in [1.807, 2.05) is 74.5 Å². The molecule has 0 saturated carbocycles. The first-order valence-electron chi connectivity index (χ1n) is 13.3. The van der Waals surface area contributed by atoms with Crippen molar-refractivity contribution < 1.29 is 92.5 Å².